The maximum atomic E-state index is 14.0. The van der Waals surface area contributed by atoms with Crippen molar-refractivity contribution < 1.29 is 14.0 Å². The zero-order valence-corrected chi connectivity index (χ0v) is 18.7. The molecule has 3 rings (SSSR count). The van der Waals surface area contributed by atoms with Gasteiger partial charge in [0.05, 0.1) is 11.3 Å². The van der Waals surface area contributed by atoms with Crippen LogP contribution >= 0.6 is 11.6 Å². The molecule has 1 heterocycles. The molecule has 5 nitrogen and oxygen atoms in total. The summed E-state index contributed by atoms with van der Waals surface area (Å²) in [7, 11) is 0. The number of carbonyl (C=O) groups is 2. The fourth-order valence-corrected chi connectivity index (χ4v) is 3.82. The van der Waals surface area contributed by atoms with Gasteiger partial charge in [-0.1, -0.05) is 43.6 Å². The van der Waals surface area contributed by atoms with E-state index in [1.54, 1.807) is 36.4 Å². The average Bonchev–Trinajstić information content (AvgIpc) is 2.75. The molecule has 166 valence electrons. The summed E-state index contributed by atoms with van der Waals surface area (Å²) in [4.78, 5) is 27.5. The van der Waals surface area contributed by atoms with E-state index >= 15 is 0 Å². The molecule has 0 spiro atoms. The van der Waals surface area contributed by atoms with Crippen molar-refractivity contribution in [3.8, 4) is 0 Å². The molecule has 1 aliphatic rings. The van der Waals surface area contributed by atoms with Crippen LogP contribution in [0.4, 0.5) is 10.1 Å². The van der Waals surface area contributed by atoms with Crippen molar-refractivity contribution in [1.82, 2.24) is 10.2 Å². The Balaban J connectivity index is 1.55. The Hall–Kier alpha value is -2.44. The summed E-state index contributed by atoms with van der Waals surface area (Å²) in [5.74, 6) is -0.374. The number of halogens is 2. The van der Waals surface area contributed by atoms with Gasteiger partial charge in [-0.25, -0.2) is 4.39 Å². The van der Waals surface area contributed by atoms with Crippen LogP contribution in [0.15, 0.2) is 42.5 Å². The van der Waals surface area contributed by atoms with E-state index in [-0.39, 0.29) is 23.5 Å². The third kappa shape index (κ3) is 6.52. The first-order valence-electron chi connectivity index (χ1n) is 10.7. The SMILES string of the molecule is CC(C)CNC(=O)c1ccccc1NC(=O)C1CCN(Cc2ccc(Cl)cc2F)CC1. The van der Waals surface area contributed by atoms with Crippen LogP contribution in [0.25, 0.3) is 0 Å². The number of hydrogen-bond donors (Lipinski definition) is 2. The van der Waals surface area contributed by atoms with Gasteiger partial charge in [0.15, 0.2) is 0 Å². The van der Waals surface area contributed by atoms with Crippen LogP contribution in [-0.4, -0.2) is 36.3 Å². The molecule has 0 saturated carbocycles. The summed E-state index contributed by atoms with van der Waals surface area (Å²) in [6.45, 7) is 6.54. The van der Waals surface area contributed by atoms with Crippen molar-refractivity contribution in [2.45, 2.75) is 33.2 Å². The second-order valence-corrected chi connectivity index (χ2v) is 8.86. The zero-order chi connectivity index (χ0) is 22.4. The summed E-state index contributed by atoms with van der Waals surface area (Å²) in [6, 6.07) is 11.8. The maximum Gasteiger partial charge on any atom is 0.253 e. The van der Waals surface area contributed by atoms with Gasteiger partial charge in [0.2, 0.25) is 5.91 Å². The minimum atomic E-state index is -0.306. The van der Waals surface area contributed by atoms with E-state index in [1.165, 1.54) is 6.07 Å². The largest absolute Gasteiger partial charge is 0.352 e. The predicted molar refractivity (Wildman–Crippen MR) is 122 cm³/mol. The van der Waals surface area contributed by atoms with Gasteiger partial charge in [-0.05, 0) is 56.1 Å². The number of likely N-dealkylation sites (tertiary alicyclic amines) is 1. The number of amides is 2. The van der Waals surface area contributed by atoms with Crippen LogP contribution in [0.1, 0.15) is 42.6 Å². The van der Waals surface area contributed by atoms with Crippen LogP contribution in [0.5, 0.6) is 0 Å². The number of carbonyl (C=O) groups excluding carboxylic acids is 2. The van der Waals surface area contributed by atoms with E-state index in [0.29, 0.717) is 66.8 Å². The molecule has 0 aliphatic carbocycles. The van der Waals surface area contributed by atoms with Crippen LogP contribution < -0.4 is 10.6 Å². The van der Waals surface area contributed by atoms with Crippen molar-refractivity contribution in [2.75, 3.05) is 25.0 Å². The highest BCUT2D eigenvalue weighted by molar-refractivity contribution is 6.30. The Morgan fingerprint density at radius 3 is 2.55 bits per heavy atom. The lowest BCUT2D eigenvalue weighted by molar-refractivity contribution is -0.121. The number of anilines is 1. The first-order chi connectivity index (χ1) is 14.8. The molecule has 7 heteroatoms. The van der Waals surface area contributed by atoms with Crippen molar-refractivity contribution >= 4 is 29.1 Å². The van der Waals surface area contributed by atoms with Gasteiger partial charge in [0.1, 0.15) is 5.82 Å². The highest BCUT2D eigenvalue weighted by atomic mass is 35.5. The molecular formula is C24H29ClFN3O2. The molecule has 31 heavy (non-hydrogen) atoms. The second-order valence-electron chi connectivity index (χ2n) is 8.42. The highest BCUT2D eigenvalue weighted by Gasteiger charge is 2.26. The smallest absolute Gasteiger partial charge is 0.253 e. The number of nitrogens with one attached hydrogen (secondary N) is 2. The lowest BCUT2D eigenvalue weighted by atomic mass is 9.95. The molecule has 1 aliphatic heterocycles. The Morgan fingerprint density at radius 1 is 1.16 bits per heavy atom. The van der Waals surface area contributed by atoms with Gasteiger partial charge in [-0.3, -0.25) is 14.5 Å². The molecule has 0 aromatic heterocycles. The Morgan fingerprint density at radius 2 is 1.87 bits per heavy atom. The fraction of sp³-hybridized carbons (Fsp3) is 0.417. The minimum absolute atomic E-state index is 0.0820. The van der Waals surface area contributed by atoms with E-state index in [4.69, 9.17) is 11.6 Å². The van der Waals surface area contributed by atoms with E-state index < -0.39 is 0 Å². The first kappa shape index (κ1) is 23.2. The van der Waals surface area contributed by atoms with E-state index in [2.05, 4.69) is 15.5 Å². The van der Waals surface area contributed by atoms with E-state index in [1.807, 2.05) is 13.8 Å². The summed E-state index contributed by atoms with van der Waals surface area (Å²) in [5, 5.41) is 6.21. The van der Waals surface area contributed by atoms with Crippen molar-refractivity contribution in [3.63, 3.8) is 0 Å². The standard InChI is InChI=1S/C24H29ClFN3O2/c1-16(2)14-27-24(31)20-5-3-4-6-22(20)28-23(30)17-9-11-29(12-10-17)15-18-7-8-19(25)13-21(18)26/h3-8,13,16-17H,9-12,14-15H2,1-2H3,(H,27,31)(H,28,30). The molecular weight excluding hydrogens is 417 g/mol. The molecule has 2 aromatic carbocycles. The van der Waals surface area contributed by atoms with Crippen molar-refractivity contribution in [2.24, 2.45) is 11.8 Å². The quantitative estimate of drug-likeness (QED) is 0.648. The van der Waals surface area contributed by atoms with Gasteiger partial charge >= 0.3 is 0 Å². The molecule has 1 fully saturated rings. The van der Waals surface area contributed by atoms with E-state index in [9.17, 15) is 14.0 Å². The average molecular weight is 446 g/mol. The monoisotopic (exact) mass is 445 g/mol. The molecule has 0 unspecified atom stereocenters. The lowest BCUT2D eigenvalue weighted by Crippen LogP contribution is -2.38. The third-order valence-electron chi connectivity index (χ3n) is 5.47. The summed E-state index contributed by atoms with van der Waals surface area (Å²) < 4.78 is 14.0. The van der Waals surface area contributed by atoms with Gasteiger partial charge < -0.3 is 10.6 Å². The number of hydrogen-bond acceptors (Lipinski definition) is 3. The molecule has 1 saturated heterocycles. The lowest BCUT2D eigenvalue weighted by Gasteiger charge is -2.31. The first-order valence-corrected chi connectivity index (χ1v) is 11.1. The van der Waals surface area contributed by atoms with Gasteiger partial charge in [0, 0.05) is 29.6 Å². The Labute approximate surface area is 188 Å². The van der Waals surface area contributed by atoms with Crippen LogP contribution in [-0.2, 0) is 11.3 Å². The molecule has 2 N–H and O–H groups in total. The number of para-hydroxylation sites is 1. The Bertz CT molecular complexity index is 927. The van der Waals surface area contributed by atoms with Crippen LogP contribution in [0, 0.1) is 17.7 Å². The van der Waals surface area contributed by atoms with Crippen LogP contribution in [0.3, 0.4) is 0 Å². The molecule has 2 aromatic rings. The summed E-state index contributed by atoms with van der Waals surface area (Å²) >= 11 is 5.82. The fourth-order valence-electron chi connectivity index (χ4n) is 3.66. The van der Waals surface area contributed by atoms with E-state index in [0.717, 1.165) is 0 Å². The number of piperidine rings is 1. The summed E-state index contributed by atoms with van der Waals surface area (Å²) in [6.07, 6.45) is 1.37. The van der Waals surface area contributed by atoms with Crippen LogP contribution in [0.2, 0.25) is 5.02 Å². The number of nitrogens with zero attached hydrogens (tertiary/aromatic N) is 1. The third-order valence-corrected chi connectivity index (χ3v) is 5.70. The Kier molecular flexibility index (Phi) is 8.04. The highest BCUT2D eigenvalue weighted by Crippen LogP contribution is 2.24. The maximum absolute atomic E-state index is 14.0. The molecule has 0 bridgehead atoms. The normalized spacial score (nSPS) is 15.1. The topological polar surface area (TPSA) is 61.4 Å². The molecule has 0 atom stereocenters. The van der Waals surface area contributed by atoms with Crippen molar-refractivity contribution in [3.05, 3.63) is 64.4 Å². The minimum Gasteiger partial charge on any atom is -0.352 e. The van der Waals surface area contributed by atoms with Gasteiger partial charge in [-0.15, -0.1) is 0 Å². The van der Waals surface area contributed by atoms with Gasteiger partial charge in [-0.2, -0.15) is 0 Å². The van der Waals surface area contributed by atoms with Gasteiger partial charge in [0.25, 0.3) is 5.91 Å². The zero-order valence-electron chi connectivity index (χ0n) is 18.0. The molecule has 0 radical (unpaired) electrons. The van der Waals surface area contributed by atoms with Crippen molar-refractivity contribution in [1.29, 1.82) is 0 Å². The number of rotatable bonds is 7. The molecule has 2 amide bonds. The summed E-state index contributed by atoms with van der Waals surface area (Å²) in [5.41, 5.74) is 1.60. The second kappa shape index (κ2) is 10.7. The number of benzene rings is 2. The predicted octanol–water partition coefficient (Wildman–Crippen LogP) is 4.72.